The molecule has 6 nitrogen and oxygen atoms in total. The molecule has 0 bridgehead atoms. The molecule has 168 valence electrons. The largest absolute Gasteiger partial charge is 0.381 e. The van der Waals surface area contributed by atoms with E-state index in [-0.39, 0.29) is 23.8 Å². The monoisotopic (exact) mass is 425 g/mol. The number of piperidine rings is 2. The second-order valence-electron chi connectivity index (χ2n) is 9.16. The zero-order valence-electron chi connectivity index (χ0n) is 18.4. The van der Waals surface area contributed by atoms with Gasteiger partial charge in [-0.15, -0.1) is 0 Å². The first-order valence-electron chi connectivity index (χ1n) is 11.8. The summed E-state index contributed by atoms with van der Waals surface area (Å²) < 4.78 is 5.48. The third-order valence-corrected chi connectivity index (χ3v) is 6.87. The number of benzene rings is 1. The molecule has 3 heterocycles. The van der Waals surface area contributed by atoms with Crippen LogP contribution in [0.1, 0.15) is 37.7 Å². The molecule has 0 aromatic heterocycles. The van der Waals surface area contributed by atoms with Crippen molar-refractivity contribution >= 4 is 17.9 Å². The Balaban J connectivity index is 1.15. The van der Waals surface area contributed by atoms with Crippen LogP contribution in [0, 0.1) is 11.8 Å². The van der Waals surface area contributed by atoms with Gasteiger partial charge in [-0.3, -0.25) is 9.59 Å². The first kappa shape index (κ1) is 22.0. The molecule has 1 unspecified atom stereocenters. The molecule has 3 fully saturated rings. The van der Waals surface area contributed by atoms with Crippen LogP contribution in [0.2, 0.25) is 0 Å². The van der Waals surface area contributed by atoms with E-state index >= 15 is 0 Å². The fourth-order valence-corrected chi connectivity index (χ4v) is 4.87. The molecule has 1 aromatic carbocycles. The van der Waals surface area contributed by atoms with Crippen LogP contribution in [0.4, 0.5) is 0 Å². The minimum absolute atomic E-state index is 0.0239. The quantitative estimate of drug-likeness (QED) is 0.712. The minimum Gasteiger partial charge on any atom is -0.381 e. The van der Waals surface area contributed by atoms with Crippen molar-refractivity contribution in [3.05, 3.63) is 42.0 Å². The third-order valence-electron chi connectivity index (χ3n) is 6.87. The van der Waals surface area contributed by atoms with Crippen LogP contribution in [0.15, 0.2) is 36.4 Å². The predicted octanol–water partition coefficient (Wildman–Crippen LogP) is 2.56. The predicted molar refractivity (Wildman–Crippen MR) is 121 cm³/mol. The van der Waals surface area contributed by atoms with Crippen LogP contribution in [0.25, 0.3) is 6.08 Å². The smallest absolute Gasteiger partial charge is 0.246 e. The number of nitrogens with one attached hydrogen (secondary N) is 1. The summed E-state index contributed by atoms with van der Waals surface area (Å²) in [6, 6.07) is 10.1. The van der Waals surface area contributed by atoms with Gasteiger partial charge in [0.05, 0.1) is 6.61 Å². The molecule has 3 aliphatic rings. The van der Waals surface area contributed by atoms with E-state index in [1.165, 1.54) is 6.42 Å². The number of hydrogen-bond donors (Lipinski definition) is 1. The van der Waals surface area contributed by atoms with Gasteiger partial charge in [-0.05, 0) is 49.7 Å². The van der Waals surface area contributed by atoms with Crippen LogP contribution in [0.5, 0.6) is 0 Å². The van der Waals surface area contributed by atoms with E-state index in [9.17, 15) is 9.59 Å². The Bertz CT molecular complexity index is 745. The number of carbonyl (C=O) groups is 2. The van der Waals surface area contributed by atoms with E-state index in [0.29, 0.717) is 19.0 Å². The Morgan fingerprint density at radius 1 is 1.00 bits per heavy atom. The molecule has 3 saturated heterocycles. The minimum atomic E-state index is 0.0239. The van der Waals surface area contributed by atoms with E-state index in [1.54, 1.807) is 6.08 Å². The number of carbonyl (C=O) groups excluding carboxylic acids is 2. The van der Waals surface area contributed by atoms with Crippen LogP contribution in [0.3, 0.4) is 0 Å². The standard InChI is InChI=1S/C25H35N3O3/c29-24(7-6-20-4-2-1-3-5-20)28-15-8-22(9-16-28)25(30)26-23-10-13-27(14-11-23)18-21-12-17-31-19-21/h1-7,21-23H,8-19H2,(H,26,30). The summed E-state index contributed by atoms with van der Waals surface area (Å²) in [4.78, 5) is 29.6. The molecule has 1 N–H and O–H groups in total. The number of nitrogens with zero attached hydrogens (tertiary/aromatic N) is 2. The van der Waals surface area contributed by atoms with Gasteiger partial charge in [0, 0.05) is 57.4 Å². The van der Waals surface area contributed by atoms with Gasteiger partial charge >= 0.3 is 0 Å². The number of amides is 2. The first-order chi connectivity index (χ1) is 15.2. The molecule has 0 radical (unpaired) electrons. The molecule has 0 aliphatic carbocycles. The van der Waals surface area contributed by atoms with Crippen LogP contribution >= 0.6 is 0 Å². The van der Waals surface area contributed by atoms with Crippen molar-refractivity contribution in [2.75, 3.05) is 45.9 Å². The van der Waals surface area contributed by atoms with Gasteiger partial charge < -0.3 is 19.9 Å². The summed E-state index contributed by atoms with van der Waals surface area (Å²) in [7, 11) is 0. The van der Waals surface area contributed by atoms with E-state index in [2.05, 4.69) is 10.2 Å². The van der Waals surface area contributed by atoms with Crippen molar-refractivity contribution in [1.29, 1.82) is 0 Å². The molecule has 1 aromatic rings. The average Bonchev–Trinajstić information content (AvgIpc) is 3.32. The maximum Gasteiger partial charge on any atom is 0.246 e. The number of ether oxygens (including phenoxy) is 1. The second-order valence-corrected chi connectivity index (χ2v) is 9.16. The van der Waals surface area contributed by atoms with Crippen molar-refractivity contribution in [2.24, 2.45) is 11.8 Å². The van der Waals surface area contributed by atoms with Crippen LogP contribution < -0.4 is 5.32 Å². The summed E-state index contributed by atoms with van der Waals surface area (Å²) in [6.07, 6.45) is 8.23. The van der Waals surface area contributed by atoms with Gasteiger partial charge in [0.25, 0.3) is 0 Å². The number of likely N-dealkylation sites (tertiary alicyclic amines) is 2. The summed E-state index contributed by atoms with van der Waals surface area (Å²) >= 11 is 0. The Hall–Kier alpha value is -2.18. The Morgan fingerprint density at radius 2 is 1.74 bits per heavy atom. The lowest BCUT2D eigenvalue weighted by Gasteiger charge is -2.35. The number of hydrogen-bond acceptors (Lipinski definition) is 4. The SMILES string of the molecule is O=C(NC1CCN(CC2CCOC2)CC1)C1CCN(C(=O)C=Cc2ccccc2)CC1. The fraction of sp³-hybridized carbons (Fsp3) is 0.600. The third kappa shape index (κ3) is 6.40. The van der Waals surface area contributed by atoms with Crippen molar-refractivity contribution in [3.63, 3.8) is 0 Å². The van der Waals surface area contributed by atoms with Gasteiger partial charge in [0.15, 0.2) is 0 Å². The van der Waals surface area contributed by atoms with Crippen molar-refractivity contribution in [3.8, 4) is 0 Å². The normalized spacial score (nSPS) is 24.0. The van der Waals surface area contributed by atoms with E-state index in [4.69, 9.17) is 4.74 Å². The van der Waals surface area contributed by atoms with Gasteiger partial charge in [-0.25, -0.2) is 0 Å². The summed E-state index contributed by atoms with van der Waals surface area (Å²) in [6.45, 7) is 6.36. The number of rotatable bonds is 6. The molecule has 0 spiro atoms. The highest BCUT2D eigenvalue weighted by atomic mass is 16.5. The summed E-state index contributed by atoms with van der Waals surface area (Å²) in [5.41, 5.74) is 1.02. The molecule has 3 aliphatic heterocycles. The van der Waals surface area contributed by atoms with Gasteiger partial charge in [0.2, 0.25) is 11.8 Å². The molecular formula is C25H35N3O3. The van der Waals surface area contributed by atoms with Crippen molar-refractivity contribution in [1.82, 2.24) is 15.1 Å². The maximum atomic E-state index is 12.8. The molecule has 31 heavy (non-hydrogen) atoms. The topological polar surface area (TPSA) is 61.9 Å². The summed E-state index contributed by atoms with van der Waals surface area (Å²) in [5.74, 6) is 0.912. The molecule has 0 saturated carbocycles. The van der Waals surface area contributed by atoms with Gasteiger partial charge in [0.1, 0.15) is 0 Å². The van der Waals surface area contributed by atoms with Crippen LogP contribution in [-0.4, -0.2) is 73.6 Å². The molecular weight excluding hydrogens is 390 g/mol. The highest BCUT2D eigenvalue weighted by molar-refractivity contribution is 5.92. The molecule has 6 heteroatoms. The van der Waals surface area contributed by atoms with Crippen molar-refractivity contribution in [2.45, 2.75) is 38.1 Å². The Labute approximate surface area is 185 Å². The molecule has 1 atom stereocenters. The van der Waals surface area contributed by atoms with Crippen molar-refractivity contribution < 1.29 is 14.3 Å². The molecule has 4 rings (SSSR count). The van der Waals surface area contributed by atoms with E-state index in [1.807, 2.05) is 41.3 Å². The molecule has 2 amide bonds. The zero-order valence-corrected chi connectivity index (χ0v) is 18.4. The lowest BCUT2D eigenvalue weighted by Crippen LogP contribution is -2.49. The summed E-state index contributed by atoms with van der Waals surface area (Å²) in [5, 5.41) is 3.29. The average molecular weight is 426 g/mol. The lowest BCUT2D eigenvalue weighted by molar-refractivity contribution is -0.132. The van der Waals surface area contributed by atoms with Gasteiger partial charge in [-0.1, -0.05) is 30.3 Å². The zero-order chi connectivity index (χ0) is 21.5. The second kappa shape index (κ2) is 10.9. The first-order valence-corrected chi connectivity index (χ1v) is 11.8. The Morgan fingerprint density at radius 3 is 2.42 bits per heavy atom. The lowest BCUT2D eigenvalue weighted by atomic mass is 9.94. The maximum absolute atomic E-state index is 12.8. The Kier molecular flexibility index (Phi) is 7.76. The highest BCUT2D eigenvalue weighted by Gasteiger charge is 2.29. The van der Waals surface area contributed by atoms with E-state index < -0.39 is 0 Å². The van der Waals surface area contributed by atoms with E-state index in [0.717, 1.165) is 64.1 Å². The fourth-order valence-electron chi connectivity index (χ4n) is 4.87. The van der Waals surface area contributed by atoms with Crippen LogP contribution in [-0.2, 0) is 14.3 Å². The van der Waals surface area contributed by atoms with Gasteiger partial charge in [-0.2, -0.15) is 0 Å². The highest BCUT2D eigenvalue weighted by Crippen LogP contribution is 2.21.